The van der Waals surface area contributed by atoms with Gasteiger partial charge >= 0.3 is 12.4 Å². The van der Waals surface area contributed by atoms with Crippen molar-refractivity contribution in [1.29, 1.82) is 0 Å². The fourth-order valence-electron chi connectivity index (χ4n) is 4.92. The van der Waals surface area contributed by atoms with Crippen molar-refractivity contribution in [3.8, 4) is 11.1 Å². The van der Waals surface area contributed by atoms with Gasteiger partial charge in [0.05, 0.1) is 5.56 Å². The Bertz CT molecular complexity index is 1550. The minimum Gasteiger partial charge on any atom is -0.334 e. The van der Waals surface area contributed by atoms with Crippen molar-refractivity contribution in [3.63, 3.8) is 0 Å². The van der Waals surface area contributed by atoms with E-state index in [1.165, 1.54) is 30.3 Å². The number of fused-ring (bicyclic) bond motifs is 1. The summed E-state index contributed by atoms with van der Waals surface area (Å²) < 4.78 is 84.2. The normalized spacial score (nSPS) is 14.2. The smallest absolute Gasteiger partial charge is 0.334 e. The van der Waals surface area contributed by atoms with Crippen LogP contribution in [-0.4, -0.2) is 36.7 Å². The Morgan fingerprint density at radius 1 is 0.923 bits per heavy atom. The molecule has 0 saturated carbocycles. The van der Waals surface area contributed by atoms with Crippen molar-refractivity contribution in [3.05, 3.63) is 94.3 Å². The molecule has 0 bridgehead atoms. The largest absolute Gasteiger partial charge is 0.435 e. The Morgan fingerprint density at radius 2 is 1.67 bits per heavy atom. The van der Waals surface area contributed by atoms with Gasteiger partial charge in [0.25, 0.3) is 5.91 Å². The molecule has 0 N–H and O–H groups in total. The van der Waals surface area contributed by atoms with Crippen LogP contribution in [0.4, 0.5) is 26.3 Å². The Morgan fingerprint density at radius 3 is 2.33 bits per heavy atom. The average molecular weight is 548 g/mol. The van der Waals surface area contributed by atoms with E-state index in [-0.39, 0.29) is 42.7 Å². The lowest BCUT2D eigenvalue weighted by molar-refractivity contribution is -0.141. The first-order valence-electron chi connectivity index (χ1n) is 12.0. The third kappa shape index (κ3) is 5.27. The molecule has 3 heterocycles. The molecular weight excluding hydrogens is 524 g/mol. The molecule has 1 aliphatic heterocycles. The molecule has 5 rings (SSSR count). The van der Waals surface area contributed by atoms with Crippen LogP contribution < -0.4 is 0 Å². The molecule has 0 saturated heterocycles. The number of carbonyl (C=O) groups is 1. The summed E-state index contributed by atoms with van der Waals surface area (Å²) in [5.74, 6) is 0.223. The third-order valence-electron chi connectivity index (χ3n) is 6.75. The van der Waals surface area contributed by atoms with Crippen molar-refractivity contribution in [2.24, 2.45) is 7.05 Å². The van der Waals surface area contributed by atoms with Gasteiger partial charge in [0.1, 0.15) is 5.82 Å². The monoisotopic (exact) mass is 547 g/mol. The topological polar surface area (TPSA) is 56.0 Å². The molecule has 1 aliphatic rings. The lowest BCUT2D eigenvalue weighted by atomic mass is 9.88. The van der Waals surface area contributed by atoms with Crippen LogP contribution in [0.3, 0.4) is 0 Å². The lowest BCUT2D eigenvalue weighted by Gasteiger charge is -2.31. The van der Waals surface area contributed by atoms with Gasteiger partial charge in [-0.1, -0.05) is 12.1 Å². The van der Waals surface area contributed by atoms with Crippen molar-refractivity contribution in [2.75, 3.05) is 6.54 Å². The molecule has 6 nitrogen and oxygen atoms in total. The summed E-state index contributed by atoms with van der Waals surface area (Å²) in [5.41, 5.74) is -0.198. The van der Waals surface area contributed by atoms with E-state index in [1.807, 2.05) is 0 Å². The van der Waals surface area contributed by atoms with E-state index >= 15 is 0 Å². The number of benzene rings is 2. The highest BCUT2D eigenvalue weighted by Crippen LogP contribution is 2.40. The molecule has 2 aromatic carbocycles. The molecule has 12 heteroatoms. The van der Waals surface area contributed by atoms with Crippen LogP contribution in [0.15, 0.2) is 55.0 Å². The van der Waals surface area contributed by atoms with E-state index in [4.69, 9.17) is 0 Å². The van der Waals surface area contributed by atoms with Gasteiger partial charge in [0.15, 0.2) is 5.69 Å². The highest BCUT2D eigenvalue weighted by atomic mass is 19.4. The van der Waals surface area contributed by atoms with Crippen molar-refractivity contribution >= 4 is 5.91 Å². The number of carbonyl (C=O) groups excluding carboxylic acids is 1. The number of hydrogen-bond donors (Lipinski definition) is 0. The standard InChI is InChI=1S/C27H23F6N5O/c1-16-34-7-9-37(16)14-18-11-21(23-15-36(2)35-24(23)27(31,32)33)20-6-8-38(25(39)22(20)12-18)13-17-4-3-5-19(10-17)26(28,29)30/h3-5,7,9-12,15H,6,8,13-14H2,1-2H3. The molecule has 0 unspecified atom stereocenters. The summed E-state index contributed by atoms with van der Waals surface area (Å²) in [5, 5.41) is 3.63. The van der Waals surface area contributed by atoms with Crippen LogP contribution >= 0.6 is 0 Å². The second-order valence-corrected chi connectivity index (χ2v) is 9.51. The summed E-state index contributed by atoms with van der Waals surface area (Å²) in [6.45, 7) is 2.11. The number of imidazole rings is 1. The Labute approximate surface area is 219 Å². The zero-order valence-corrected chi connectivity index (χ0v) is 20.9. The van der Waals surface area contributed by atoms with Crippen molar-refractivity contribution < 1.29 is 31.1 Å². The van der Waals surface area contributed by atoms with Gasteiger partial charge < -0.3 is 9.47 Å². The molecular formula is C27H23F6N5O. The van der Waals surface area contributed by atoms with E-state index < -0.39 is 29.5 Å². The number of halogens is 6. The molecule has 0 aliphatic carbocycles. The first-order valence-corrected chi connectivity index (χ1v) is 12.0. The van der Waals surface area contributed by atoms with Gasteiger partial charge in [-0.2, -0.15) is 31.4 Å². The fraction of sp³-hybridized carbons (Fsp3) is 0.296. The number of amides is 1. The maximum absolute atomic E-state index is 13.9. The third-order valence-corrected chi connectivity index (χ3v) is 6.75. The number of nitrogens with zero attached hydrogens (tertiary/aromatic N) is 5. The van der Waals surface area contributed by atoms with E-state index in [2.05, 4.69) is 10.1 Å². The van der Waals surface area contributed by atoms with Gasteiger partial charge in [0.2, 0.25) is 0 Å². The zero-order chi connectivity index (χ0) is 28.1. The zero-order valence-electron chi connectivity index (χ0n) is 20.9. The Balaban J connectivity index is 1.58. The molecule has 4 aromatic rings. The van der Waals surface area contributed by atoms with Crippen LogP contribution in [0.1, 0.15) is 44.1 Å². The van der Waals surface area contributed by atoms with E-state index in [1.54, 1.807) is 36.0 Å². The summed E-state index contributed by atoms with van der Waals surface area (Å²) in [6.07, 6.45) is -4.41. The van der Waals surface area contributed by atoms with E-state index in [9.17, 15) is 31.1 Å². The lowest BCUT2D eigenvalue weighted by Crippen LogP contribution is -2.37. The molecule has 0 spiro atoms. The summed E-state index contributed by atoms with van der Waals surface area (Å²) in [6, 6.07) is 8.03. The minimum atomic E-state index is -4.71. The Kier molecular flexibility index (Phi) is 6.51. The second-order valence-electron chi connectivity index (χ2n) is 9.51. The number of aromatic nitrogens is 4. The van der Waals surface area contributed by atoms with Crippen LogP contribution in [0.25, 0.3) is 11.1 Å². The van der Waals surface area contributed by atoms with Crippen LogP contribution in [0.5, 0.6) is 0 Å². The van der Waals surface area contributed by atoms with E-state index in [0.29, 0.717) is 22.5 Å². The highest BCUT2D eigenvalue weighted by molar-refractivity contribution is 5.99. The van der Waals surface area contributed by atoms with Crippen molar-refractivity contribution in [1.82, 2.24) is 24.2 Å². The maximum Gasteiger partial charge on any atom is 0.435 e. The minimum absolute atomic E-state index is 0.0664. The van der Waals surface area contributed by atoms with Crippen LogP contribution in [0, 0.1) is 6.92 Å². The molecule has 0 radical (unpaired) electrons. The highest BCUT2D eigenvalue weighted by Gasteiger charge is 2.39. The van der Waals surface area contributed by atoms with Gasteiger partial charge in [-0.25, -0.2) is 4.98 Å². The first-order chi connectivity index (χ1) is 18.3. The molecule has 0 atom stereocenters. The fourth-order valence-corrected chi connectivity index (χ4v) is 4.92. The van der Waals surface area contributed by atoms with Gasteiger partial charge in [-0.3, -0.25) is 9.48 Å². The Hall–Kier alpha value is -4.09. The molecule has 0 fully saturated rings. The molecule has 1 amide bonds. The van der Waals surface area contributed by atoms with Gasteiger partial charge in [-0.15, -0.1) is 0 Å². The van der Waals surface area contributed by atoms with E-state index in [0.717, 1.165) is 16.8 Å². The summed E-state index contributed by atoms with van der Waals surface area (Å²) in [7, 11) is 1.39. The van der Waals surface area contributed by atoms with Gasteiger partial charge in [0, 0.05) is 56.4 Å². The number of rotatable bonds is 5. The number of aryl methyl sites for hydroxylation is 2. The van der Waals surface area contributed by atoms with Crippen molar-refractivity contribution in [2.45, 2.75) is 38.8 Å². The van der Waals surface area contributed by atoms with Crippen LogP contribution in [0.2, 0.25) is 0 Å². The second kappa shape index (κ2) is 9.58. The van der Waals surface area contributed by atoms with Gasteiger partial charge in [-0.05, 0) is 59.9 Å². The predicted octanol–water partition coefficient (Wildman–Crippen LogP) is 5.88. The number of alkyl halides is 6. The summed E-state index contributed by atoms with van der Waals surface area (Å²) >= 11 is 0. The first kappa shape index (κ1) is 26.5. The molecule has 204 valence electrons. The maximum atomic E-state index is 13.9. The predicted molar refractivity (Wildman–Crippen MR) is 130 cm³/mol. The molecule has 39 heavy (non-hydrogen) atoms. The summed E-state index contributed by atoms with van der Waals surface area (Å²) in [4.78, 5) is 19.2. The average Bonchev–Trinajstić information content (AvgIpc) is 3.45. The van der Waals surface area contributed by atoms with Crippen LogP contribution in [-0.2, 0) is 38.9 Å². The SMILES string of the molecule is Cc1nccn1Cc1cc2c(c(-c3cn(C)nc3C(F)(F)F)c1)CCN(Cc1cccc(C(F)(F)F)c1)C2=O. The molecule has 2 aromatic heterocycles. The number of hydrogen-bond acceptors (Lipinski definition) is 3. The quantitative estimate of drug-likeness (QED) is 0.294.